The van der Waals surface area contributed by atoms with Gasteiger partial charge in [0.2, 0.25) is 5.95 Å². The number of nitrogens with one attached hydrogen (secondary N) is 3. The van der Waals surface area contributed by atoms with Gasteiger partial charge in [0.05, 0.1) is 11.3 Å². The van der Waals surface area contributed by atoms with Gasteiger partial charge < -0.3 is 25.4 Å². The smallest absolute Gasteiger partial charge is 0.269 e. The summed E-state index contributed by atoms with van der Waals surface area (Å²) in [4.78, 5) is 46.2. The molecule has 3 aromatic rings. The van der Waals surface area contributed by atoms with E-state index in [0.717, 1.165) is 49.9 Å². The zero-order chi connectivity index (χ0) is 24.8. The molecular weight excluding hydrogens is 456 g/mol. The fourth-order valence-corrected chi connectivity index (χ4v) is 5.81. The molecule has 188 valence electrons. The van der Waals surface area contributed by atoms with Crippen LogP contribution < -0.4 is 10.6 Å². The molecule has 2 bridgehead atoms. The first-order valence-corrected chi connectivity index (χ1v) is 12.9. The predicted octanol–water partition coefficient (Wildman–Crippen LogP) is 3.03. The van der Waals surface area contributed by atoms with Gasteiger partial charge in [-0.25, -0.2) is 9.97 Å². The lowest BCUT2D eigenvalue weighted by Gasteiger charge is -2.32. The van der Waals surface area contributed by atoms with Gasteiger partial charge in [-0.2, -0.15) is 4.98 Å². The quantitative estimate of drug-likeness (QED) is 0.505. The highest BCUT2D eigenvalue weighted by Gasteiger charge is 2.34. The second-order valence-corrected chi connectivity index (χ2v) is 10.5. The number of carbonyl (C=O) groups excluding carboxylic acids is 2. The Hall–Kier alpha value is -3.53. The summed E-state index contributed by atoms with van der Waals surface area (Å²) in [5.74, 6) is 1.27. The number of nitrogens with zero attached hydrogens (tertiary/aromatic N) is 5. The Kier molecular flexibility index (Phi) is 5.83. The number of pyridine rings is 1. The first kappa shape index (κ1) is 22.9. The zero-order valence-corrected chi connectivity index (χ0v) is 20.8. The molecule has 2 saturated heterocycles. The monoisotopic (exact) mass is 488 g/mol. The average molecular weight is 489 g/mol. The van der Waals surface area contributed by atoms with Gasteiger partial charge in [0.1, 0.15) is 17.2 Å². The minimum atomic E-state index is -0.0979. The van der Waals surface area contributed by atoms with Gasteiger partial charge in [-0.1, -0.05) is 12.8 Å². The fourth-order valence-electron chi connectivity index (χ4n) is 5.81. The Morgan fingerprint density at radius 3 is 2.47 bits per heavy atom. The minimum absolute atomic E-state index is 0.0260. The van der Waals surface area contributed by atoms with Crippen molar-refractivity contribution in [3.05, 3.63) is 41.3 Å². The Morgan fingerprint density at radius 2 is 1.81 bits per heavy atom. The molecule has 2 amide bonds. The van der Waals surface area contributed by atoms with Crippen LogP contribution in [-0.2, 0) is 0 Å². The molecule has 6 rings (SSSR count). The van der Waals surface area contributed by atoms with Crippen molar-refractivity contribution in [3.8, 4) is 0 Å². The number of aromatic amines is 1. The van der Waals surface area contributed by atoms with Crippen molar-refractivity contribution in [2.24, 2.45) is 0 Å². The van der Waals surface area contributed by atoms with Gasteiger partial charge in [0.15, 0.2) is 0 Å². The molecule has 10 heteroatoms. The van der Waals surface area contributed by atoms with E-state index in [2.05, 4.69) is 25.6 Å². The first-order chi connectivity index (χ1) is 17.4. The lowest BCUT2D eigenvalue weighted by atomic mass is 10.0. The predicted molar refractivity (Wildman–Crippen MR) is 136 cm³/mol. The van der Waals surface area contributed by atoms with Gasteiger partial charge in [-0.3, -0.25) is 9.59 Å². The fraction of sp³-hybridized carbons (Fsp3) is 0.500. The maximum Gasteiger partial charge on any atom is 0.269 e. The third kappa shape index (κ3) is 4.30. The molecule has 3 aliphatic rings. The van der Waals surface area contributed by atoms with Crippen molar-refractivity contribution in [1.29, 1.82) is 0 Å². The SMILES string of the molecule is CN(C)C(=O)c1cc2c(C3CCCC3)nc(Nc3ccc(C(=O)N4CC5CCC(C4)N5)cn3)nc2[nH]1. The van der Waals surface area contributed by atoms with Crippen LogP contribution >= 0.6 is 0 Å². The van der Waals surface area contributed by atoms with E-state index in [1.807, 2.05) is 11.0 Å². The van der Waals surface area contributed by atoms with Crippen LogP contribution in [0.4, 0.5) is 11.8 Å². The molecule has 0 aromatic carbocycles. The highest BCUT2D eigenvalue weighted by Crippen LogP contribution is 2.37. The second-order valence-electron chi connectivity index (χ2n) is 10.5. The molecular formula is C26H32N8O2. The van der Waals surface area contributed by atoms with Gasteiger partial charge in [0.25, 0.3) is 11.8 Å². The molecule has 1 saturated carbocycles. The number of piperazine rings is 1. The number of amides is 2. The van der Waals surface area contributed by atoms with Crippen LogP contribution in [0.15, 0.2) is 24.4 Å². The number of fused-ring (bicyclic) bond motifs is 3. The van der Waals surface area contributed by atoms with Crippen molar-refractivity contribution in [2.45, 2.75) is 56.5 Å². The first-order valence-electron chi connectivity index (χ1n) is 12.9. The van der Waals surface area contributed by atoms with Crippen molar-refractivity contribution in [1.82, 2.24) is 35.1 Å². The number of anilines is 2. The van der Waals surface area contributed by atoms with Gasteiger partial charge in [0, 0.05) is 56.8 Å². The Labute approximate surface area is 209 Å². The van der Waals surface area contributed by atoms with E-state index in [9.17, 15) is 9.59 Å². The molecule has 3 aromatic heterocycles. The van der Waals surface area contributed by atoms with E-state index in [1.165, 1.54) is 12.8 Å². The number of rotatable bonds is 5. The Morgan fingerprint density at radius 1 is 1.06 bits per heavy atom. The van der Waals surface area contributed by atoms with Crippen LogP contribution in [0, 0.1) is 0 Å². The summed E-state index contributed by atoms with van der Waals surface area (Å²) in [6.45, 7) is 1.50. The van der Waals surface area contributed by atoms with E-state index in [1.54, 1.807) is 37.3 Å². The van der Waals surface area contributed by atoms with Gasteiger partial charge in [-0.05, 0) is 43.9 Å². The molecule has 5 heterocycles. The largest absolute Gasteiger partial charge is 0.344 e. The summed E-state index contributed by atoms with van der Waals surface area (Å²) in [7, 11) is 3.47. The van der Waals surface area contributed by atoms with Crippen LogP contribution in [0.2, 0.25) is 0 Å². The maximum absolute atomic E-state index is 13.0. The highest BCUT2D eigenvalue weighted by atomic mass is 16.2. The second kappa shape index (κ2) is 9.16. The van der Waals surface area contributed by atoms with E-state index < -0.39 is 0 Å². The Bertz CT molecular complexity index is 1280. The number of carbonyl (C=O) groups is 2. The van der Waals surface area contributed by atoms with E-state index in [4.69, 9.17) is 4.98 Å². The molecule has 3 fully saturated rings. The standard InChI is InChI=1S/C26H32N8O2/c1-33(2)25(36)20-11-19-22(15-5-3-4-6-15)31-26(32-23(19)29-20)30-21-10-7-16(12-27-21)24(35)34-13-17-8-9-18(14-34)28-17/h7,10-12,15,17-18,28H,3-6,8-9,13-14H2,1-2H3,(H2,27,29,30,31,32). The molecule has 2 atom stereocenters. The van der Waals surface area contributed by atoms with Crippen LogP contribution in [0.25, 0.3) is 11.0 Å². The summed E-state index contributed by atoms with van der Waals surface area (Å²) in [5, 5.41) is 7.66. The van der Waals surface area contributed by atoms with Crippen LogP contribution in [0.1, 0.15) is 71.0 Å². The summed E-state index contributed by atoms with van der Waals surface area (Å²) >= 11 is 0. The molecule has 3 N–H and O–H groups in total. The van der Waals surface area contributed by atoms with Crippen molar-refractivity contribution in [3.63, 3.8) is 0 Å². The summed E-state index contributed by atoms with van der Waals surface area (Å²) in [5.41, 5.74) is 2.69. The number of hydrogen-bond acceptors (Lipinski definition) is 7. The van der Waals surface area contributed by atoms with E-state index in [0.29, 0.717) is 46.7 Å². The summed E-state index contributed by atoms with van der Waals surface area (Å²) in [6, 6.07) is 6.28. The third-order valence-electron chi connectivity index (χ3n) is 7.65. The third-order valence-corrected chi connectivity index (χ3v) is 7.65. The molecule has 2 unspecified atom stereocenters. The van der Waals surface area contributed by atoms with Crippen molar-refractivity contribution in [2.75, 3.05) is 32.5 Å². The number of likely N-dealkylation sites (tertiary alicyclic amines) is 1. The average Bonchev–Trinajstić information content (AvgIpc) is 3.63. The van der Waals surface area contributed by atoms with Crippen LogP contribution in [0.3, 0.4) is 0 Å². The molecule has 2 aliphatic heterocycles. The lowest BCUT2D eigenvalue weighted by Crippen LogP contribution is -2.53. The molecule has 0 spiro atoms. The number of H-pyrrole nitrogens is 1. The van der Waals surface area contributed by atoms with Crippen molar-refractivity contribution < 1.29 is 9.59 Å². The summed E-state index contributed by atoms with van der Waals surface area (Å²) < 4.78 is 0. The minimum Gasteiger partial charge on any atom is -0.344 e. The van der Waals surface area contributed by atoms with E-state index >= 15 is 0 Å². The van der Waals surface area contributed by atoms with Crippen LogP contribution in [0.5, 0.6) is 0 Å². The topological polar surface area (TPSA) is 119 Å². The number of aromatic nitrogens is 4. The number of hydrogen-bond donors (Lipinski definition) is 3. The molecule has 1 aliphatic carbocycles. The highest BCUT2D eigenvalue weighted by molar-refractivity contribution is 5.98. The van der Waals surface area contributed by atoms with Crippen LogP contribution in [-0.4, -0.2) is 80.8 Å². The molecule has 10 nitrogen and oxygen atoms in total. The van der Waals surface area contributed by atoms with Crippen molar-refractivity contribution >= 4 is 34.6 Å². The van der Waals surface area contributed by atoms with Gasteiger partial charge in [-0.15, -0.1) is 0 Å². The Balaban J connectivity index is 1.24. The maximum atomic E-state index is 13.0. The molecule has 0 radical (unpaired) electrons. The summed E-state index contributed by atoms with van der Waals surface area (Å²) in [6.07, 6.45) is 8.40. The molecule has 36 heavy (non-hydrogen) atoms. The van der Waals surface area contributed by atoms with Gasteiger partial charge >= 0.3 is 0 Å². The normalized spacial score (nSPS) is 21.8. The van der Waals surface area contributed by atoms with E-state index in [-0.39, 0.29) is 11.8 Å². The lowest BCUT2D eigenvalue weighted by molar-refractivity contribution is 0.0697. The zero-order valence-electron chi connectivity index (χ0n) is 20.8.